The lowest BCUT2D eigenvalue weighted by Gasteiger charge is -1.83. The van der Waals surface area contributed by atoms with Gasteiger partial charge in [0.05, 0.1) is 6.26 Å². The number of hydrogen-bond donors (Lipinski definition) is 1. The summed E-state index contributed by atoms with van der Waals surface area (Å²) in [7, 11) is 0. The molecule has 0 aliphatic rings. The molecule has 0 heterocycles. The Hall–Kier alpha value is -0.460. The van der Waals surface area contributed by atoms with Crippen LogP contribution in [0.4, 0.5) is 0 Å². The summed E-state index contributed by atoms with van der Waals surface area (Å²) < 4.78 is 0. The first kappa shape index (κ1) is 6.54. The molecule has 0 amide bonds. The molecule has 0 unspecified atom stereocenters. The van der Waals surface area contributed by atoms with Crippen LogP contribution >= 0.6 is 0 Å². The molecule has 0 atom stereocenters. The van der Waals surface area contributed by atoms with Gasteiger partial charge in [0.2, 0.25) is 0 Å². The van der Waals surface area contributed by atoms with Crippen LogP contribution < -0.4 is 0 Å². The predicted molar refractivity (Wildman–Crippen MR) is 31.3 cm³/mol. The van der Waals surface area contributed by atoms with Crippen LogP contribution in [0.5, 0.6) is 0 Å². The Morgan fingerprint density at radius 2 is 2.29 bits per heavy atom. The van der Waals surface area contributed by atoms with Gasteiger partial charge in [-0.2, -0.15) is 0 Å². The Morgan fingerprint density at radius 1 is 1.57 bits per heavy atom. The predicted octanol–water partition coefficient (Wildman–Crippen LogP) is 2.25. The monoisotopic (exact) mass is 100 g/mol. The Morgan fingerprint density at radius 3 is 2.71 bits per heavy atom. The Labute approximate surface area is 44.7 Å². The normalized spacial score (nSPS) is 10.4. The van der Waals surface area contributed by atoms with Gasteiger partial charge in [-0.3, -0.25) is 0 Å². The fourth-order valence-electron chi connectivity index (χ4n) is 0.397. The van der Waals surface area contributed by atoms with Crippen molar-refractivity contribution in [2.75, 3.05) is 0 Å². The van der Waals surface area contributed by atoms with Crippen molar-refractivity contribution in [2.24, 2.45) is 0 Å². The summed E-state index contributed by atoms with van der Waals surface area (Å²) in [6.07, 6.45) is 6.26. The molecule has 0 aliphatic heterocycles. The maximum Gasteiger partial charge on any atom is 0.0751 e. The summed E-state index contributed by atoms with van der Waals surface area (Å²) in [5.74, 6) is 0. The average Bonchev–Trinajstić information content (AvgIpc) is 1.69. The van der Waals surface area contributed by atoms with Gasteiger partial charge in [-0.1, -0.05) is 19.4 Å². The highest BCUT2D eigenvalue weighted by molar-refractivity contribution is 4.69. The van der Waals surface area contributed by atoms with Crippen LogP contribution in [0.2, 0.25) is 0 Å². The smallest absolute Gasteiger partial charge is 0.0751 e. The number of aliphatic hydroxyl groups is 1. The zero-order chi connectivity index (χ0) is 5.54. The van der Waals surface area contributed by atoms with Gasteiger partial charge in [-0.25, -0.2) is 0 Å². The van der Waals surface area contributed by atoms with E-state index in [0.717, 1.165) is 12.7 Å². The molecular weight excluding hydrogens is 88.1 g/mol. The standard InChI is InChI=1S/C6H12O/c1-2-3-4-5-6-7/h5-7H,2-4H2,1H3/b6-5-. The van der Waals surface area contributed by atoms with E-state index < -0.39 is 0 Å². The topological polar surface area (TPSA) is 20.2 Å². The zero-order valence-electron chi connectivity index (χ0n) is 4.72. The van der Waals surface area contributed by atoms with Crippen LogP contribution in [-0.2, 0) is 0 Å². The maximum atomic E-state index is 8.11. The van der Waals surface area contributed by atoms with Crippen molar-refractivity contribution in [2.45, 2.75) is 26.2 Å². The van der Waals surface area contributed by atoms with Gasteiger partial charge >= 0.3 is 0 Å². The number of hydrogen-bond acceptors (Lipinski definition) is 1. The highest BCUT2D eigenvalue weighted by atomic mass is 16.2. The van der Waals surface area contributed by atoms with Gasteiger partial charge in [0.1, 0.15) is 0 Å². The average molecular weight is 100 g/mol. The van der Waals surface area contributed by atoms with Crippen LogP contribution in [0.15, 0.2) is 12.3 Å². The van der Waals surface area contributed by atoms with Crippen LogP contribution in [0.1, 0.15) is 26.2 Å². The first-order chi connectivity index (χ1) is 3.41. The molecule has 0 spiro atoms. The molecular formula is C6H12O. The summed E-state index contributed by atoms with van der Waals surface area (Å²) in [5.41, 5.74) is 0. The third-order valence-electron chi connectivity index (χ3n) is 0.830. The van der Waals surface area contributed by atoms with Crippen molar-refractivity contribution in [1.29, 1.82) is 0 Å². The van der Waals surface area contributed by atoms with E-state index in [2.05, 4.69) is 6.92 Å². The van der Waals surface area contributed by atoms with Crippen LogP contribution in [-0.4, -0.2) is 5.11 Å². The van der Waals surface area contributed by atoms with E-state index in [1.54, 1.807) is 6.08 Å². The lowest BCUT2D eigenvalue weighted by Crippen LogP contribution is -1.64. The summed E-state index contributed by atoms with van der Waals surface area (Å²) in [5, 5.41) is 8.11. The van der Waals surface area contributed by atoms with Crippen LogP contribution in [0.3, 0.4) is 0 Å². The maximum absolute atomic E-state index is 8.11. The molecule has 0 saturated carbocycles. The summed E-state index contributed by atoms with van der Waals surface area (Å²) in [4.78, 5) is 0. The molecule has 0 aliphatic carbocycles. The molecule has 0 aromatic heterocycles. The lowest BCUT2D eigenvalue weighted by molar-refractivity contribution is 0.470. The molecule has 7 heavy (non-hydrogen) atoms. The van der Waals surface area contributed by atoms with Gasteiger partial charge in [-0.05, 0) is 12.8 Å². The number of allylic oxidation sites excluding steroid dienone is 1. The Kier molecular flexibility index (Phi) is 5.18. The lowest BCUT2D eigenvalue weighted by atomic mass is 10.2. The molecule has 0 saturated heterocycles. The first-order valence-electron chi connectivity index (χ1n) is 2.71. The van der Waals surface area contributed by atoms with Crippen molar-refractivity contribution in [3.8, 4) is 0 Å². The van der Waals surface area contributed by atoms with Crippen molar-refractivity contribution >= 4 is 0 Å². The van der Waals surface area contributed by atoms with E-state index in [4.69, 9.17) is 5.11 Å². The molecule has 0 aromatic rings. The van der Waals surface area contributed by atoms with Crippen molar-refractivity contribution in [3.05, 3.63) is 12.3 Å². The second-order valence-corrected chi connectivity index (χ2v) is 1.53. The molecule has 0 bridgehead atoms. The van der Waals surface area contributed by atoms with E-state index in [-0.39, 0.29) is 0 Å². The SMILES string of the molecule is CCCC/C=C\O. The second-order valence-electron chi connectivity index (χ2n) is 1.53. The third kappa shape index (κ3) is 5.54. The molecule has 0 fully saturated rings. The van der Waals surface area contributed by atoms with E-state index in [9.17, 15) is 0 Å². The molecule has 1 N–H and O–H groups in total. The summed E-state index contributed by atoms with van der Waals surface area (Å²) in [6.45, 7) is 2.13. The van der Waals surface area contributed by atoms with E-state index in [1.165, 1.54) is 12.8 Å². The number of aliphatic hydroxyl groups excluding tert-OH is 1. The summed E-state index contributed by atoms with van der Waals surface area (Å²) >= 11 is 0. The quantitative estimate of drug-likeness (QED) is 0.426. The van der Waals surface area contributed by atoms with Gasteiger partial charge in [0.15, 0.2) is 0 Å². The van der Waals surface area contributed by atoms with Crippen molar-refractivity contribution in [3.63, 3.8) is 0 Å². The third-order valence-corrected chi connectivity index (χ3v) is 0.830. The molecule has 1 heteroatoms. The van der Waals surface area contributed by atoms with Crippen molar-refractivity contribution < 1.29 is 5.11 Å². The van der Waals surface area contributed by atoms with Gasteiger partial charge in [-0.15, -0.1) is 0 Å². The minimum atomic E-state index is 1.01. The number of unbranched alkanes of at least 4 members (excludes halogenated alkanes) is 2. The largest absolute Gasteiger partial charge is 0.516 e. The number of rotatable bonds is 3. The molecule has 1 nitrogen and oxygen atoms in total. The fraction of sp³-hybridized carbons (Fsp3) is 0.667. The minimum Gasteiger partial charge on any atom is -0.516 e. The van der Waals surface area contributed by atoms with E-state index >= 15 is 0 Å². The molecule has 0 aromatic carbocycles. The van der Waals surface area contributed by atoms with Crippen LogP contribution in [0, 0.1) is 0 Å². The van der Waals surface area contributed by atoms with Gasteiger partial charge < -0.3 is 5.11 Å². The molecule has 42 valence electrons. The van der Waals surface area contributed by atoms with E-state index in [1.807, 2.05) is 0 Å². The summed E-state index contributed by atoms with van der Waals surface area (Å²) in [6, 6.07) is 0. The highest BCUT2D eigenvalue weighted by Crippen LogP contribution is 1.92. The fourth-order valence-corrected chi connectivity index (χ4v) is 0.397. The zero-order valence-corrected chi connectivity index (χ0v) is 4.72. The van der Waals surface area contributed by atoms with Crippen LogP contribution in [0.25, 0.3) is 0 Å². The molecule has 0 radical (unpaired) electrons. The van der Waals surface area contributed by atoms with Gasteiger partial charge in [0, 0.05) is 0 Å². The Balaban J connectivity index is 2.69. The molecule has 0 rings (SSSR count). The van der Waals surface area contributed by atoms with Crippen molar-refractivity contribution in [1.82, 2.24) is 0 Å². The second kappa shape index (κ2) is 5.54. The highest BCUT2D eigenvalue weighted by Gasteiger charge is 1.73. The van der Waals surface area contributed by atoms with Gasteiger partial charge in [0.25, 0.3) is 0 Å². The minimum absolute atomic E-state index is 1.01. The first-order valence-corrected chi connectivity index (χ1v) is 2.71. The Bertz CT molecular complexity index is 48.1. The van der Waals surface area contributed by atoms with E-state index in [0.29, 0.717) is 0 Å².